The highest BCUT2D eigenvalue weighted by Gasteiger charge is 2.34. The van der Waals surface area contributed by atoms with Crippen molar-refractivity contribution in [3.63, 3.8) is 0 Å². The molecular weight excluding hydrogens is 414 g/mol. The van der Waals surface area contributed by atoms with Gasteiger partial charge in [-0.1, -0.05) is 6.07 Å². The quantitative estimate of drug-likeness (QED) is 0.539. The van der Waals surface area contributed by atoms with Gasteiger partial charge in [0.2, 0.25) is 5.95 Å². The second-order valence-electron chi connectivity index (χ2n) is 7.05. The number of rotatable bonds is 6. The van der Waals surface area contributed by atoms with E-state index in [1.807, 2.05) is 0 Å². The number of hydrogen-bond donors (Lipinski definition) is 3. The molecule has 1 atom stereocenters. The number of ether oxygens (including phenoxy) is 3. The number of nitrogens with zero attached hydrogens (tertiary/aromatic N) is 3. The van der Waals surface area contributed by atoms with E-state index in [1.54, 1.807) is 49.0 Å². The van der Waals surface area contributed by atoms with Crippen molar-refractivity contribution in [2.45, 2.75) is 13.0 Å². The molecule has 1 amide bonds. The van der Waals surface area contributed by atoms with Crippen molar-refractivity contribution in [2.24, 2.45) is 0 Å². The van der Waals surface area contributed by atoms with Gasteiger partial charge in [0.15, 0.2) is 11.5 Å². The predicted molar refractivity (Wildman–Crippen MR) is 117 cm³/mol. The maximum Gasteiger partial charge on any atom is 0.255 e. The van der Waals surface area contributed by atoms with E-state index in [0.29, 0.717) is 40.0 Å². The Morgan fingerprint density at radius 2 is 1.88 bits per heavy atom. The fraction of sp³-hybridized carbons (Fsp3) is 0.227. The number of hydrogen-bond acceptors (Lipinski definition) is 8. The van der Waals surface area contributed by atoms with Crippen LogP contribution in [0.25, 0.3) is 0 Å². The van der Waals surface area contributed by atoms with Crippen molar-refractivity contribution in [1.82, 2.24) is 14.8 Å². The van der Waals surface area contributed by atoms with Crippen LogP contribution < -0.4 is 24.8 Å². The SMILES string of the molecule is COc1ccc(OC)c(NC(=O)C2=C(C)Nc3ncnn3[C@@H]2c2ccc(O)c(OC)c2)c1. The van der Waals surface area contributed by atoms with Crippen molar-refractivity contribution in [1.29, 1.82) is 0 Å². The van der Waals surface area contributed by atoms with Crippen LogP contribution in [-0.4, -0.2) is 47.1 Å². The van der Waals surface area contributed by atoms with E-state index in [-0.39, 0.29) is 17.4 Å². The maximum atomic E-state index is 13.5. The molecule has 0 radical (unpaired) electrons. The van der Waals surface area contributed by atoms with Crippen LogP contribution >= 0.6 is 0 Å². The summed E-state index contributed by atoms with van der Waals surface area (Å²) in [5, 5.41) is 20.4. The van der Waals surface area contributed by atoms with E-state index in [0.717, 1.165) is 0 Å². The van der Waals surface area contributed by atoms with E-state index < -0.39 is 6.04 Å². The molecule has 32 heavy (non-hydrogen) atoms. The molecular formula is C22H23N5O5. The molecule has 2 aromatic carbocycles. The van der Waals surface area contributed by atoms with Gasteiger partial charge in [-0.25, -0.2) is 4.68 Å². The highest BCUT2D eigenvalue weighted by atomic mass is 16.5. The number of allylic oxidation sites excluding steroid dienone is 1. The molecule has 1 aliphatic heterocycles. The Morgan fingerprint density at radius 1 is 1.09 bits per heavy atom. The van der Waals surface area contributed by atoms with Crippen LogP contribution in [0.5, 0.6) is 23.0 Å². The first-order valence-electron chi connectivity index (χ1n) is 9.74. The van der Waals surface area contributed by atoms with Gasteiger partial charge in [-0.15, -0.1) is 0 Å². The third-order valence-corrected chi connectivity index (χ3v) is 5.21. The van der Waals surface area contributed by atoms with Crippen molar-refractivity contribution >= 4 is 17.5 Å². The van der Waals surface area contributed by atoms with E-state index in [2.05, 4.69) is 20.7 Å². The molecule has 3 N–H and O–H groups in total. The van der Waals surface area contributed by atoms with Gasteiger partial charge in [-0.2, -0.15) is 10.1 Å². The first kappa shape index (κ1) is 21.0. The zero-order chi connectivity index (χ0) is 22.8. The molecule has 166 valence electrons. The molecule has 0 fully saturated rings. The van der Waals surface area contributed by atoms with Crippen LogP contribution in [0.4, 0.5) is 11.6 Å². The van der Waals surface area contributed by atoms with Gasteiger partial charge in [-0.3, -0.25) is 4.79 Å². The predicted octanol–water partition coefficient (Wildman–Crippen LogP) is 2.94. The van der Waals surface area contributed by atoms with Crippen molar-refractivity contribution in [2.75, 3.05) is 32.0 Å². The van der Waals surface area contributed by atoms with E-state index in [9.17, 15) is 9.90 Å². The van der Waals surface area contributed by atoms with Crippen LogP contribution in [0.15, 0.2) is 54.0 Å². The summed E-state index contributed by atoms with van der Waals surface area (Å²) in [6.07, 6.45) is 1.41. The molecule has 10 nitrogen and oxygen atoms in total. The first-order chi connectivity index (χ1) is 15.5. The van der Waals surface area contributed by atoms with Crippen LogP contribution in [0.1, 0.15) is 18.5 Å². The molecule has 0 saturated heterocycles. The zero-order valence-electron chi connectivity index (χ0n) is 18.0. The topological polar surface area (TPSA) is 120 Å². The smallest absolute Gasteiger partial charge is 0.255 e. The summed E-state index contributed by atoms with van der Waals surface area (Å²) >= 11 is 0. The molecule has 10 heteroatoms. The standard InChI is InChI=1S/C22H23N5O5/c1-12-19(21(29)26-15-10-14(30-2)6-8-17(15)31-3)20(27-22(25-12)23-11-24-27)13-5-7-16(28)18(9-13)32-4/h5-11,20,28H,1-4H3,(H,26,29)(H,23,24,25)/t20-/m1/s1. The van der Waals surface area contributed by atoms with Gasteiger partial charge >= 0.3 is 0 Å². The number of methoxy groups -OCH3 is 3. The Labute approximate surface area is 184 Å². The number of amides is 1. The van der Waals surface area contributed by atoms with Gasteiger partial charge in [0.25, 0.3) is 5.91 Å². The summed E-state index contributed by atoms with van der Waals surface area (Å²) in [4.78, 5) is 17.8. The minimum atomic E-state index is -0.611. The number of fused-ring (bicyclic) bond motifs is 1. The first-order valence-corrected chi connectivity index (χ1v) is 9.74. The minimum Gasteiger partial charge on any atom is -0.504 e. The average molecular weight is 437 g/mol. The van der Waals surface area contributed by atoms with Crippen molar-refractivity contribution in [3.05, 3.63) is 59.6 Å². The lowest BCUT2D eigenvalue weighted by Crippen LogP contribution is -2.31. The molecule has 3 aromatic rings. The number of phenols is 1. The summed E-state index contributed by atoms with van der Waals surface area (Å²) in [5.41, 5.74) is 2.18. The second-order valence-corrected chi connectivity index (χ2v) is 7.05. The third-order valence-electron chi connectivity index (χ3n) is 5.21. The summed E-state index contributed by atoms with van der Waals surface area (Å²) < 4.78 is 17.5. The van der Waals surface area contributed by atoms with E-state index in [1.165, 1.54) is 26.6 Å². The number of carbonyl (C=O) groups is 1. The highest BCUT2D eigenvalue weighted by Crippen LogP contribution is 2.39. The summed E-state index contributed by atoms with van der Waals surface area (Å²) in [7, 11) is 4.54. The minimum absolute atomic E-state index is 0.00295. The van der Waals surface area contributed by atoms with Crippen LogP contribution in [0.3, 0.4) is 0 Å². The largest absolute Gasteiger partial charge is 0.504 e. The van der Waals surface area contributed by atoms with Crippen LogP contribution in [-0.2, 0) is 4.79 Å². The molecule has 0 bridgehead atoms. The van der Waals surface area contributed by atoms with Gasteiger partial charge in [0, 0.05) is 11.8 Å². The summed E-state index contributed by atoms with van der Waals surface area (Å²) in [6.45, 7) is 1.79. The Bertz CT molecular complexity index is 1200. The summed E-state index contributed by atoms with van der Waals surface area (Å²) in [5.74, 6) is 1.48. The van der Waals surface area contributed by atoms with Crippen molar-refractivity contribution in [3.8, 4) is 23.0 Å². The monoisotopic (exact) mass is 437 g/mol. The Morgan fingerprint density at radius 3 is 2.59 bits per heavy atom. The fourth-order valence-electron chi connectivity index (χ4n) is 3.66. The lowest BCUT2D eigenvalue weighted by Gasteiger charge is -2.29. The lowest BCUT2D eigenvalue weighted by molar-refractivity contribution is -0.113. The Balaban J connectivity index is 1.78. The number of nitrogens with one attached hydrogen (secondary N) is 2. The van der Waals surface area contributed by atoms with E-state index in [4.69, 9.17) is 14.2 Å². The molecule has 2 heterocycles. The van der Waals surface area contributed by atoms with Gasteiger partial charge in [0.05, 0.1) is 32.6 Å². The number of phenolic OH excluding ortho intramolecular Hbond substituents is 1. The van der Waals surface area contributed by atoms with Crippen LogP contribution in [0, 0.1) is 0 Å². The van der Waals surface area contributed by atoms with Gasteiger partial charge in [-0.05, 0) is 36.8 Å². The average Bonchev–Trinajstić information content (AvgIpc) is 3.26. The number of benzene rings is 2. The molecule has 0 saturated carbocycles. The molecule has 0 unspecified atom stereocenters. The van der Waals surface area contributed by atoms with Gasteiger partial charge < -0.3 is 30.0 Å². The van der Waals surface area contributed by atoms with Crippen molar-refractivity contribution < 1.29 is 24.1 Å². The molecule has 1 aliphatic rings. The number of aromatic nitrogens is 3. The molecule has 0 aliphatic carbocycles. The second kappa shape index (κ2) is 8.50. The Kier molecular flexibility index (Phi) is 5.59. The van der Waals surface area contributed by atoms with Crippen LogP contribution in [0.2, 0.25) is 0 Å². The maximum absolute atomic E-state index is 13.5. The highest BCUT2D eigenvalue weighted by molar-refractivity contribution is 6.06. The number of carbonyl (C=O) groups excluding carboxylic acids is 1. The molecule has 0 spiro atoms. The Hall–Kier alpha value is -4.21. The number of aromatic hydroxyl groups is 1. The molecule has 4 rings (SSSR count). The third kappa shape index (κ3) is 3.66. The molecule has 1 aromatic heterocycles. The summed E-state index contributed by atoms with van der Waals surface area (Å²) in [6, 6.07) is 9.43. The zero-order valence-corrected chi connectivity index (χ0v) is 18.0. The normalized spacial score (nSPS) is 14.9. The lowest BCUT2D eigenvalue weighted by atomic mass is 9.94. The fourth-order valence-corrected chi connectivity index (χ4v) is 3.66. The number of anilines is 2. The van der Waals surface area contributed by atoms with Gasteiger partial charge in [0.1, 0.15) is 23.9 Å². The van der Waals surface area contributed by atoms with E-state index >= 15 is 0 Å².